The molecule has 1 aromatic carbocycles. The normalized spacial score (nSPS) is 12.7. The van der Waals surface area contributed by atoms with Crippen molar-refractivity contribution < 1.29 is 0 Å². The van der Waals surface area contributed by atoms with Gasteiger partial charge in [-0.25, -0.2) is 0 Å². The van der Waals surface area contributed by atoms with Gasteiger partial charge in [0.15, 0.2) is 0 Å². The molecule has 1 unspecified atom stereocenters. The van der Waals surface area contributed by atoms with Gasteiger partial charge in [0.1, 0.15) is 0 Å². The van der Waals surface area contributed by atoms with Crippen LogP contribution in [0.25, 0.3) is 0 Å². The first-order chi connectivity index (χ1) is 7.25. The van der Waals surface area contributed by atoms with Crippen LogP contribution in [0.3, 0.4) is 0 Å². The molecule has 78 valence electrons. The fourth-order valence-corrected chi connectivity index (χ4v) is 3.21. The van der Waals surface area contributed by atoms with Gasteiger partial charge < -0.3 is 0 Å². The molecule has 0 bridgehead atoms. The molecule has 0 spiro atoms. The summed E-state index contributed by atoms with van der Waals surface area (Å²) in [6.07, 6.45) is 1.03. The maximum Gasteiger partial charge on any atom is 0.0443 e. The van der Waals surface area contributed by atoms with Gasteiger partial charge in [-0.2, -0.15) is 11.3 Å². The van der Waals surface area contributed by atoms with Crippen molar-refractivity contribution in [3.63, 3.8) is 0 Å². The Morgan fingerprint density at radius 1 is 1.13 bits per heavy atom. The molecule has 2 aromatic rings. The molecule has 1 heterocycles. The van der Waals surface area contributed by atoms with Gasteiger partial charge >= 0.3 is 0 Å². The SMILES string of the molecule is Brc1ccc(CC(Br)c2ccsc2)cc1. The molecular formula is C12H10Br2S. The first-order valence-electron chi connectivity index (χ1n) is 4.66. The van der Waals surface area contributed by atoms with Crippen LogP contribution in [0.4, 0.5) is 0 Å². The van der Waals surface area contributed by atoms with Crippen LogP contribution in [0, 0.1) is 0 Å². The second-order valence-corrected chi connectivity index (χ2v) is 6.16. The van der Waals surface area contributed by atoms with E-state index in [9.17, 15) is 0 Å². The van der Waals surface area contributed by atoms with Crippen molar-refractivity contribution in [2.24, 2.45) is 0 Å². The fourth-order valence-electron chi connectivity index (χ4n) is 1.40. The van der Waals surface area contributed by atoms with E-state index in [-0.39, 0.29) is 0 Å². The van der Waals surface area contributed by atoms with Crippen LogP contribution in [0.5, 0.6) is 0 Å². The minimum atomic E-state index is 0.421. The van der Waals surface area contributed by atoms with Crippen molar-refractivity contribution in [3.8, 4) is 0 Å². The molecule has 0 N–H and O–H groups in total. The summed E-state index contributed by atoms with van der Waals surface area (Å²) in [5.74, 6) is 0. The maximum absolute atomic E-state index is 3.72. The smallest absolute Gasteiger partial charge is 0.0443 e. The monoisotopic (exact) mass is 344 g/mol. The molecule has 2 rings (SSSR count). The Morgan fingerprint density at radius 2 is 1.87 bits per heavy atom. The standard InChI is InChI=1S/C12H10Br2S/c13-11-3-1-9(2-4-11)7-12(14)10-5-6-15-8-10/h1-6,8,12H,7H2. The second kappa shape index (κ2) is 5.28. The lowest BCUT2D eigenvalue weighted by molar-refractivity contribution is 0.954. The third-order valence-electron chi connectivity index (χ3n) is 2.23. The van der Waals surface area contributed by atoms with E-state index in [2.05, 4.69) is 73.0 Å². The number of alkyl halides is 1. The molecule has 0 saturated heterocycles. The molecule has 0 aliphatic heterocycles. The summed E-state index contributed by atoms with van der Waals surface area (Å²) in [6, 6.07) is 10.7. The molecule has 0 amide bonds. The number of hydrogen-bond acceptors (Lipinski definition) is 1. The molecule has 1 aromatic heterocycles. The van der Waals surface area contributed by atoms with Crippen LogP contribution in [-0.2, 0) is 6.42 Å². The number of rotatable bonds is 3. The summed E-state index contributed by atoms with van der Waals surface area (Å²) in [5.41, 5.74) is 2.72. The first-order valence-corrected chi connectivity index (χ1v) is 7.31. The van der Waals surface area contributed by atoms with E-state index in [1.54, 1.807) is 11.3 Å². The van der Waals surface area contributed by atoms with Gasteiger partial charge in [0, 0.05) is 9.30 Å². The van der Waals surface area contributed by atoms with E-state index in [1.165, 1.54) is 11.1 Å². The zero-order chi connectivity index (χ0) is 10.7. The van der Waals surface area contributed by atoms with Gasteiger partial charge in [-0.15, -0.1) is 0 Å². The predicted molar refractivity (Wildman–Crippen MR) is 73.8 cm³/mol. The number of benzene rings is 1. The van der Waals surface area contributed by atoms with Crippen molar-refractivity contribution in [2.75, 3.05) is 0 Å². The topological polar surface area (TPSA) is 0 Å². The summed E-state index contributed by atoms with van der Waals surface area (Å²) in [4.78, 5) is 0.421. The Hall–Kier alpha value is -0.120. The molecular weight excluding hydrogens is 336 g/mol. The highest BCUT2D eigenvalue weighted by molar-refractivity contribution is 9.10. The van der Waals surface area contributed by atoms with Gasteiger partial charge in [-0.1, -0.05) is 44.0 Å². The molecule has 0 aliphatic carbocycles. The quantitative estimate of drug-likeness (QED) is 0.671. The molecule has 0 radical (unpaired) electrons. The lowest BCUT2D eigenvalue weighted by Gasteiger charge is -2.07. The largest absolute Gasteiger partial charge is 0.152 e. The van der Waals surface area contributed by atoms with Crippen molar-refractivity contribution >= 4 is 43.2 Å². The van der Waals surface area contributed by atoms with E-state index in [4.69, 9.17) is 0 Å². The summed E-state index contributed by atoms with van der Waals surface area (Å²) in [5, 5.41) is 4.31. The average Bonchev–Trinajstić information content (AvgIpc) is 2.74. The number of halogens is 2. The highest BCUT2D eigenvalue weighted by Gasteiger charge is 2.08. The molecule has 3 heteroatoms. The Balaban J connectivity index is 2.06. The van der Waals surface area contributed by atoms with Crippen LogP contribution in [0.1, 0.15) is 16.0 Å². The van der Waals surface area contributed by atoms with Crippen molar-refractivity contribution in [1.29, 1.82) is 0 Å². The third-order valence-corrected chi connectivity index (χ3v) is 4.32. The minimum Gasteiger partial charge on any atom is -0.152 e. The van der Waals surface area contributed by atoms with Gasteiger partial charge in [0.05, 0.1) is 0 Å². The van der Waals surface area contributed by atoms with Crippen molar-refractivity contribution in [3.05, 3.63) is 56.7 Å². The summed E-state index contributed by atoms with van der Waals surface area (Å²) < 4.78 is 1.13. The Labute approximate surface area is 111 Å². The van der Waals surface area contributed by atoms with Crippen molar-refractivity contribution in [1.82, 2.24) is 0 Å². The van der Waals surface area contributed by atoms with Crippen LogP contribution < -0.4 is 0 Å². The van der Waals surface area contributed by atoms with Crippen LogP contribution in [-0.4, -0.2) is 0 Å². The molecule has 0 fully saturated rings. The van der Waals surface area contributed by atoms with Gasteiger partial charge in [0.25, 0.3) is 0 Å². The summed E-state index contributed by atoms with van der Waals surface area (Å²) in [6.45, 7) is 0. The fraction of sp³-hybridized carbons (Fsp3) is 0.167. The van der Waals surface area contributed by atoms with E-state index in [1.807, 2.05) is 0 Å². The van der Waals surface area contributed by atoms with Gasteiger partial charge in [-0.3, -0.25) is 0 Å². The Morgan fingerprint density at radius 3 is 2.47 bits per heavy atom. The van der Waals surface area contributed by atoms with E-state index in [0.717, 1.165) is 10.9 Å². The second-order valence-electron chi connectivity index (χ2n) is 3.35. The molecule has 0 aliphatic rings. The van der Waals surface area contributed by atoms with Crippen LogP contribution in [0.15, 0.2) is 45.6 Å². The van der Waals surface area contributed by atoms with Crippen LogP contribution in [0.2, 0.25) is 0 Å². The Bertz CT molecular complexity index is 406. The van der Waals surface area contributed by atoms with E-state index in [0.29, 0.717) is 4.83 Å². The lowest BCUT2D eigenvalue weighted by Crippen LogP contribution is -1.93. The first kappa shape index (κ1) is 11.4. The van der Waals surface area contributed by atoms with Gasteiger partial charge in [-0.05, 0) is 46.5 Å². The summed E-state index contributed by atoms with van der Waals surface area (Å²) in [7, 11) is 0. The average molecular weight is 346 g/mol. The maximum atomic E-state index is 3.72. The summed E-state index contributed by atoms with van der Waals surface area (Å²) >= 11 is 8.90. The number of thiophene rings is 1. The highest BCUT2D eigenvalue weighted by atomic mass is 79.9. The lowest BCUT2D eigenvalue weighted by atomic mass is 10.1. The molecule has 0 nitrogen and oxygen atoms in total. The van der Waals surface area contributed by atoms with Crippen molar-refractivity contribution in [2.45, 2.75) is 11.2 Å². The molecule has 15 heavy (non-hydrogen) atoms. The van der Waals surface area contributed by atoms with Gasteiger partial charge in [0.2, 0.25) is 0 Å². The predicted octanol–water partition coefficient (Wildman–Crippen LogP) is 5.19. The van der Waals surface area contributed by atoms with Crippen LogP contribution >= 0.6 is 43.2 Å². The minimum absolute atomic E-state index is 0.421. The highest BCUT2D eigenvalue weighted by Crippen LogP contribution is 2.28. The zero-order valence-electron chi connectivity index (χ0n) is 7.99. The zero-order valence-corrected chi connectivity index (χ0v) is 12.0. The number of hydrogen-bond donors (Lipinski definition) is 0. The third kappa shape index (κ3) is 3.16. The van der Waals surface area contributed by atoms with E-state index < -0.39 is 0 Å². The van der Waals surface area contributed by atoms with E-state index >= 15 is 0 Å². The molecule has 0 saturated carbocycles. The Kier molecular flexibility index (Phi) is 4.00. The molecule has 1 atom stereocenters.